The molecule has 0 bridgehead atoms. The van der Waals surface area contributed by atoms with Crippen molar-refractivity contribution >= 4 is 12.0 Å². The summed E-state index contributed by atoms with van der Waals surface area (Å²) in [4.78, 5) is 17.4. The summed E-state index contributed by atoms with van der Waals surface area (Å²) in [5.74, 6) is 1.28. The van der Waals surface area contributed by atoms with Gasteiger partial charge in [-0.3, -0.25) is 9.69 Å². The lowest BCUT2D eigenvalue weighted by molar-refractivity contribution is -0.127. The zero-order valence-electron chi connectivity index (χ0n) is 21.8. The van der Waals surface area contributed by atoms with Crippen LogP contribution in [0, 0.1) is 0 Å². The maximum absolute atomic E-state index is 13.1. The molecule has 0 atom stereocenters. The number of amides is 1. The molecule has 0 unspecified atom stereocenters. The van der Waals surface area contributed by atoms with Gasteiger partial charge in [-0.05, 0) is 42.0 Å². The molecule has 1 amide bonds. The van der Waals surface area contributed by atoms with Gasteiger partial charge >= 0.3 is 0 Å². The van der Waals surface area contributed by atoms with Crippen LogP contribution in [0.4, 0.5) is 0 Å². The number of rotatable bonds is 8. The van der Waals surface area contributed by atoms with Gasteiger partial charge in [-0.1, -0.05) is 48.5 Å². The van der Waals surface area contributed by atoms with E-state index in [0.717, 1.165) is 42.1 Å². The van der Waals surface area contributed by atoms with Gasteiger partial charge in [0.2, 0.25) is 5.91 Å². The van der Waals surface area contributed by atoms with E-state index in [2.05, 4.69) is 29.2 Å². The summed E-state index contributed by atoms with van der Waals surface area (Å²) >= 11 is 0. The van der Waals surface area contributed by atoms with E-state index in [4.69, 9.17) is 14.6 Å². The van der Waals surface area contributed by atoms with E-state index in [-0.39, 0.29) is 5.91 Å². The van der Waals surface area contributed by atoms with Gasteiger partial charge in [0, 0.05) is 56.1 Å². The first kappa shape index (κ1) is 25.3. The fraction of sp³-hybridized carbons (Fsp3) is 0.226. The van der Waals surface area contributed by atoms with Crippen molar-refractivity contribution in [3.63, 3.8) is 0 Å². The number of nitrogens with zero attached hydrogens (tertiary/aromatic N) is 4. The minimum atomic E-state index is 0.00934. The lowest BCUT2D eigenvalue weighted by atomic mass is 10.1. The number of carbonyl (C=O) groups is 1. The van der Waals surface area contributed by atoms with E-state index < -0.39 is 0 Å². The molecule has 0 aliphatic carbocycles. The van der Waals surface area contributed by atoms with Gasteiger partial charge in [-0.2, -0.15) is 5.10 Å². The van der Waals surface area contributed by atoms with Crippen LogP contribution in [0.1, 0.15) is 11.1 Å². The molecular weight excluding hydrogens is 476 g/mol. The van der Waals surface area contributed by atoms with Crippen LogP contribution >= 0.6 is 0 Å². The molecule has 2 heterocycles. The molecule has 5 rings (SSSR count). The van der Waals surface area contributed by atoms with Crippen molar-refractivity contribution in [1.29, 1.82) is 0 Å². The molecule has 1 saturated heterocycles. The molecule has 194 valence electrons. The van der Waals surface area contributed by atoms with Crippen LogP contribution < -0.4 is 9.47 Å². The smallest absolute Gasteiger partial charge is 0.246 e. The maximum Gasteiger partial charge on any atom is 0.246 e. The maximum atomic E-state index is 13.1. The lowest BCUT2D eigenvalue weighted by Crippen LogP contribution is -2.47. The standard InChI is InChI=1S/C31H32N4O3/c1-37-28-15-13-25(21-29(28)38-2)31-26(23-35(32-31)27-11-7-4-8-12-27)14-16-30(36)34-19-17-33(18-20-34)22-24-9-5-3-6-10-24/h3-16,21,23H,17-20,22H2,1-2H3/b16-14+. The first-order valence-corrected chi connectivity index (χ1v) is 12.8. The second-order valence-corrected chi connectivity index (χ2v) is 9.20. The molecule has 1 aromatic heterocycles. The van der Waals surface area contributed by atoms with Gasteiger partial charge < -0.3 is 14.4 Å². The van der Waals surface area contributed by atoms with E-state index >= 15 is 0 Å². The predicted octanol–water partition coefficient (Wildman–Crippen LogP) is 4.91. The Morgan fingerprint density at radius 1 is 0.868 bits per heavy atom. The number of carbonyl (C=O) groups excluding carboxylic acids is 1. The molecule has 7 heteroatoms. The third kappa shape index (κ3) is 5.79. The van der Waals surface area contributed by atoms with E-state index in [0.29, 0.717) is 24.6 Å². The average molecular weight is 509 g/mol. The lowest BCUT2D eigenvalue weighted by Gasteiger charge is -2.34. The number of aromatic nitrogens is 2. The highest BCUT2D eigenvalue weighted by Gasteiger charge is 2.20. The summed E-state index contributed by atoms with van der Waals surface area (Å²) in [6.45, 7) is 4.05. The van der Waals surface area contributed by atoms with Crippen LogP contribution in [-0.4, -0.2) is 65.9 Å². The Hall–Kier alpha value is -4.36. The molecule has 3 aromatic carbocycles. The first-order chi connectivity index (χ1) is 18.6. The monoisotopic (exact) mass is 508 g/mol. The van der Waals surface area contributed by atoms with Crippen molar-refractivity contribution in [2.24, 2.45) is 0 Å². The summed E-state index contributed by atoms with van der Waals surface area (Å²) in [6.07, 6.45) is 5.46. The van der Waals surface area contributed by atoms with E-state index in [1.54, 1.807) is 20.3 Å². The minimum Gasteiger partial charge on any atom is -0.493 e. The Kier molecular flexibility index (Phi) is 7.85. The molecule has 1 aliphatic heterocycles. The van der Waals surface area contributed by atoms with Crippen LogP contribution in [0.2, 0.25) is 0 Å². The van der Waals surface area contributed by atoms with Crippen LogP contribution in [-0.2, 0) is 11.3 Å². The third-order valence-corrected chi connectivity index (χ3v) is 6.76. The predicted molar refractivity (Wildman–Crippen MR) is 149 cm³/mol. The molecule has 0 spiro atoms. The number of ether oxygens (including phenoxy) is 2. The van der Waals surface area contributed by atoms with Crippen molar-refractivity contribution < 1.29 is 14.3 Å². The van der Waals surface area contributed by atoms with E-state index in [9.17, 15) is 4.79 Å². The van der Waals surface area contributed by atoms with Gasteiger partial charge in [-0.25, -0.2) is 4.68 Å². The van der Waals surface area contributed by atoms with Gasteiger partial charge in [0.15, 0.2) is 11.5 Å². The average Bonchev–Trinajstić information content (AvgIpc) is 3.41. The van der Waals surface area contributed by atoms with Gasteiger partial charge in [0.1, 0.15) is 5.69 Å². The molecule has 38 heavy (non-hydrogen) atoms. The molecule has 0 N–H and O–H groups in total. The quantitative estimate of drug-likeness (QED) is 0.317. The van der Waals surface area contributed by atoms with E-state index in [1.165, 1.54) is 5.56 Å². The summed E-state index contributed by atoms with van der Waals surface area (Å²) in [7, 11) is 3.23. The van der Waals surface area contributed by atoms with Gasteiger partial charge in [-0.15, -0.1) is 0 Å². The highest BCUT2D eigenvalue weighted by molar-refractivity contribution is 5.93. The molecule has 0 radical (unpaired) electrons. The largest absolute Gasteiger partial charge is 0.493 e. The van der Waals surface area contributed by atoms with Gasteiger partial charge in [0.25, 0.3) is 0 Å². The Labute approximate surface area is 223 Å². The number of hydrogen-bond donors (Lipinski definition) is 0. The van der Waals surface area contributed by atoms with Crippen molar-refractivity contribution in [2.75, 3.05) is 40.4 Å². The van der Waals surface area contributed by atoms with E-state index in [1.807, 2.05) is 76.5 Å². The normalized spacial score (nSPS) is 14.1. The fourth-order valence-corrected chi connectivity index (χ4v) is 4.66. The van der Waals surface area contributed by atoms with Crippen molar-refractivity contribution in [3.05, 3.63) is 102 Å². The summed E-state index contributed by atoms with van der Waals surface area (Å²) in [6, 6.07) is 26.1. The molecule has 0 saturated carbocycles. The van der Waals surface area contributed by atoms with Crippen molar-refractivity contribution in [2.45, 2.75) is 6.54 Å². The number of benzene rings is 3. The molecular formula is C31H32N4O3. The molecule has 7 nitrogen and oxygen atoms in total. The summed E-state index contributed by atoms with van der Waals surface area (Å²) < 4.78 is 12.7. The van der Waals surface area contributed by atoms with Crippen molar-refractivity contribution in [3.8, 4) is 28.4 Å². The van der Waals surface area contributed by atoms with Crippen LogP contribution in [0.25, 0.3) is 23.0 Å². The topological polar surface area (TPSA) is 59.8 Å². The molecule has 1 fully saturated rings. The van der Waals surface area contributed by atoms with Crippen LogP contribution in [0.15, 0.2) is 91.1 Å². The summed E-state index contributed by atoms with van der Waals surface area (Å²) in [5.41, 5.74) is 4.71. The second-order valence-electron chi connectivity index (χ2n) is 9.20. The van der Waals surface area contributed by atoms with Crippen molar-refractivity contribution in [1.82, 2.24) is 19.6 Å². The number of para-hydroxylation sites is 1. The van der Waals surface area contributed by atoms with Crippen LogP contribution in [0.5, 0.6) is 11.5 Å². The fourth-order valence-electron chi connectivity index (χ4n) is 4.66. The zero-order chi connectivity index (χ0) is 26.3. The Morgan fingerprint density at radius 3 is 2.24 bits per heavy atom. The minimum absolute atomic E-state index is 0.00934. The second kappa shape index (κ2) is 11.8. The number of piperazine rings is 1. The number of hydrogen-bond acceptors (Lipinski definition) is 5. The van der Waals surface area contributed by atoms with Gasteiger partial charge in [0.05, 0.1) is 19.9 Å². The third-order valence-electron chi connectivity index (χ3n) is 6.76. The Balaban J connectivity index is 1.34. The SMILES string of the molecule is COc1ccc(-c2nn(-c3ccccc3)cc2/C=C/C(=O)N2CCN(Cc3ccccc3)CC2)cc1OC. The Morgan fingerprint density at radius 2 is 1.55 bits per heavy atom. The summed E-state index contributed by atoms with van der Waals surface area (Å²) in [5, 5.41) is 4.86. The highest BCUT2D eigenvalue weighted by atomic mass is 16.5. The molecule has 4 aromatic rings. The van der Waals surface area contributed by atoms with Crippen LogP contribution in [0.3, 0.4) is 0 Å². The highest BCUT2D eigenvalue weighted by Crippen LogP contribution is 2.33. The number of methoxy groups -OCH3 is 2. The Bertz CT molecular complexity index is 1390. The first-order valence-electron chi connectivity index (χ1n) is 12.8. The zero-order valence-corrected chi connectivity index (χ0v) is 21.8. The molecule has 1 aliphatic rings.